The first-order valence-corrected chi connectivity index (χ1v) is 4.54. The van der Waals surface area contributed by atoms with Crippen molar-refractivity contribution in [1.82, 2.24) is 0 Å². The summed E-state index contributed by atoms with van der Waals surface area (Å²) in [6.45, 7) is 3.60. The average molecular weight is 191 g/mol. The lowest BCUT2D eigenvalue weighted by atomic mass is 10.2. The Morgan fingerprint density at radius 2 is 2.00 bits per heavy atom. The first kappa shape index (κ1) is 9.89. The summed E-state index contributed by atoms with van der Waals surface area (Å²) >= 11 is 5.60. The average Bonchev–Trinajstić information content (AvgIpc) is 2.14. The second-order valence-corrected chi connectivity index (χ2v) is 3.22. The van der Waals surface area contributed by atoms with Gasteiger partial charge in [-0.15, -0.1) is 0 Å². The summed E-state index contributed by atoms with van der Waals surface area (Å²) in [5.74, 6) is 6.09. The molecule has 0 nitrogen and oxygen atoms in total. The smallest absolute Gasteiger partial charge is 0.0245 e. The maximum Gasteiger partial charge on any atom is 0.0245 e. The van der Waals surface area contributed by atoms with Gasteiger partial charge in [-0.25, -0.2) is 0 Å². The van der Waals surface area contributed by atoms with Crippen LogP contribution >= 0.6 is 11.6 Å². The molecule has 0 radical (unpaired) electrons. The van der Waals surface area contributed by atoms with E-state index in [1.807, 2.05) is 30.3 Å². The lowest BCUT2D eigenvalue weighted by Gasteiger charge is -1.88. The van der Waals surface area contributed by atoms with Crippen LogP contribution in [-0.2, 0) is 0 Å². The second kappa shape index (κ2) is 5.45. The van der Waals surface area contributed by atoms with E-state index < -0.39 is 0 Å². The minimum atomic E-state index is 0.669. The predicted octanol–water partition coefficient (Wildman–Crippen LogP) is 3.57. The van der Waals surface area contributed by atoms with E-state index in [0.717, 1.165) is 18.4 Å². The van der Waals surface area contributed by atoms with Gasteiger partial charge in [0, 0.05) is 17.0 Å². The Morgan fingerprint density at radius 3 is 2.62 bits per heavy atom. The van der Waals surface area contributed by atoms with Gasteiger partial charge in [0.05, 0.1) is 0 Å². The molecule has 0 aliphatic heterocycles. The van der Waals surface area contributed by atoms with Gasteiger partial charge >= 0.3 is 0 Å². The molecule has 0 saturated heterocycles. The van der Waals surface area contributed by atoms with E-state index in [2.05, 4.69) is 18.4 Å². The molecule has 13 heavy (non-hydrogen) atoms. The van der Waals surface area contributed by atoms with Crippen LogP contribution in [-0.4, -0.2) is 0 Å². The Hall–Kier alpha value is -1.19. The second-order valence-electron chi connectivity index (χ2n) is 2.69. The van der Waals surface area contributed by atoms with Gasteiger partial charge < -0.3 is 0 Å². The largest absolute Gasteiger partial charge is 0.0975 e. The van der Waals surface area contributed by atoms with Crippen molar-refractivity contribution in [3.63, 3.8) is 0 Å². The minimum absolute atomic E-state index is 0.669. The summed E-state index contributed by atoms with van der Waals surface area (Å²) in [6, 6.07) is 9.91. The molecule has 0 amide bonds. The van der Waals surface area contributed by atoms with Crippen LogP contribution in [0.4, 0.5) is 0 Å². The van der Waals surface area contributed by atoms with Crippen molar-refractivity contribution < 1.29 is 0 Å². The Balaban J connectivity index is 2.44. The summed E-state index contributed by atoms with van der Waals surface area (Å²) in [7, 11) is 0. The van der Waals surface area contributed by atoms with Gasteiger partial charge in [-0.05, 0) is 18.6 Å². The maximum atomic E-state index is 5.60. The third kappa shape index (κ3) is 4.40. The van der Waals surface area contributed by atoms with Gasteiger partial charge in [0.1, 0.15) is 0 Å². The van der Waals surface area contributed by atoms with Crippen LogP contribution in [0, 0.1) is 11.8 Å². The summed E-state index contributed by atoms with van der Waals surface area (Å²) < 4.78 is 0. The molecule has 1 aromatic rings. The fourth-order valence-electron chi connectivity index (χ4n) is 0.884. The molecule has 0 spiro atoms. The molecule has 0 fully saturated rings. The molecule has 0 unspecified atom stereocenters. The quantitative estimate of drug-likeness (QED) is 0.626. The fraction of sp³-hybridized carbons (Fsp3) is 0.167. The SMILES string of the molecule is C=C(Cl)CCC#Cc1ccccc1. The van der Waals surface area contributed by atoms with Crippen molar-refractivity contribution in [2.45, 2.75) is 12.8 Å². The number of benzene rings is 1. The lowest BCUT2D eigenvalue weighted by Crippen LogP contribution is -1.72. The molecule has 0 N–H and O–H groups in total. The van der Waals surface area contributed by atoms with Gasteiger partial charge in [0.25, 0.3) is 0 Å². The maximum absolute atomic E-state index is 5.60. The Labute approximate surface area is 84.2 Å². The van der Waals surface area contributed by atoms with Gasteiger partial charge in [-0.2, -0.15) is 0 Å². The molecule has 66 valence electrons. The monoisotopic (exact) mass is 190 g/mol. The normalized spacial score (nSPS) is 8.69. The summed E-state index contributed by atoms with van der Waals surface area (Å²) in [5.41, 5.74) is 1.04. The number of allylic oxidation sites excluding steroid dienone is 1. The van der Waals surface area contributed by atoms with Crippen molar-refractivity contribution in [1.29, 1.82) is 0 Å². The van der Waals surface area contributed by atoms with Gasteiger partial charge in [-0.3, -0.25) is 0 Å². The Bertz CT molecular complexity index is 327. The highest BCUT2D eigenvalue weighted by Gasteiger charge is 1.85. The molecule has 0 bridgehead atoms. The molecule has 1 aromatic carbocycles. The first-order valence-electron chi connectivity index (χ1n) is 4.16. The van der Waals surface area contributed by atoms with Gasteiger partial charge in [-0.1, -0.05) is 48.2 Å². The Kier molecular flexibility index (Phi) is 4.15. The number of halogens is 1. The first-order chi connectivity index (χ1) is 6.29. The number of rotatable bonds is 2. The van der Waals surface area contributed by atoms with Crippen molar-refractivity contribution >= 4 is 11.6 Å². The lowest BCUT2D eigenvalue weighted by molar-refractivity contribution is 1.07. The molecule has 0 aromatic heterocycles. The number of hydrogen-bond donors (Lipinski definition) is 0. The summed E-state index contributed by atoms with van der Waals surface area (Å²) in [6.07, 6.45) is 1.54. The van der Waals surface area contributed by atoms with Crippen molar-refractivity contribution in [3.8, 4) is 11.8 Å². The zero-order chi connectivity index (χ0) is 9.52. The molecule has 0 heterocycles. The zero-order valence-corrected chi connectivity index (χ0v) is 8.14. The molecule has 0 aliphatic carbocycles. The molecule has 1 rings (SSSR count). The third-order valence-corrected chi connectivity index (χ3v) is 1.72. The molecular weight excluding hydrogens is 180 g/mol. The van der Waals surface area contributed by atoms with Crippen LogP contribution in [0.2, 0.25) is 0 Å². The van der Waals surface area contributed by atoms with E-state index in [1.165, 1.54) is 0 Å². The zero-order valence-electron chi connectivity index (χ0n) is 7.39. The highest BCUT2D eigenvalue weighted by Crippen LogP contribution is 2.05. The molecule has 0 aliphatic rings. The van der Waals surface area contributed by atoms with Crippen molar-refractivity contribution in [2.75, 3.05) is 0 Å². The fourth-order valence-corrected chi connectivity index (χ4v) is 0.979. The van der Waals surface area contributed by atoms with Crippen LogP contribution in [0.5, 0.6) is 0 Å². The van der Waals surface area contributed by atoms with Crippen molar-refractivity contribution in [3.05, 3.63) is 47.5 Å². The Morgan fingerprint density at radius 1 is 1.31 bits per heavy atom. The molecule has 0 atom stereocenters. The van der Waals surface area contributed by atoms with E-state index in [9.17, 15) is 0 Å². The van der Waals surface area contributed by atoms with E-state index in [-0.39, 0.29) is 0 Å². The van der Waals surface area contributed by atoms with Gasteiger partial charge in [0.2, 0.25) is 0 Å². The van der Waals surface area contributed by atoms with Crippen LogP contribution in [0.3, 0.4) is 0 Å². The van der Waals surface area contributed by atoms with E-state index in [0.29, 0.717) is 5.03 Å². The van der Waals surface area contributed by atoms with Crippen molar-refractivity contribution in [2.24, 2.45) is 0 Å². The topological polar surface area (TPSA) is 0 Å². The minimum Gasteiger partial charge on any atom is -0.0975 e. The molecule has 0 saturated carbocycles. The third-order valence-electron chi connectivity index (χ3n) is 1.53. The molecular formula is C12H11Cl. The predicted molar refractivity (Wildman–Crippen MR) is 57.5 cm³/mol. The molecule has 1 heteroatoms. The van der Waals surface area contributed by atoms with Crippen LogP contribution in [0.25, 0.3) is 0 Å². The van der Waals surface area contributed by atoms with Gasteiger partial charge in [0.15, 0.2) is 0 Å². The number of hydrogen-bond acceptors (Lipinski definition) is 0. The highest BCUT2D eigenvalue weighted by atomic mass is 35.5. The highest BCUT2D eigenvalue weighted by molar-refractivity contribution is 6.29. The van der Waals surface area contributed by atoms with Crippen LogP contribution < -0.4 is 0 Å². The van der Waals surface area contributed by atoms with E-state index in [1.54, 1.807) is 0 Å². The standard InChI is InChI=1S/C12H11Cl/c1-11(13)7-5-6-10-12-8-3-2-4-9-12/h2-4,8-9H,1,5,7H2. The van der Waals surface area contributed by atoms with E-state index in [4.69, 9.17) is 11.6 Å². The van der Waals surface area contributed by atoms with Crippen LogP contribution in [0.15, 0.2) is 41.9 Å². The van der Waals surface area contributed by atoms with E-state index >= 15 is 0 Å². The summed E-state index contributed by atoms with van der Waals surface area (Å²) in [5, 5.41) is 0.669. The summed E-state index contributed by atoms with van der Waals surface area (Å²) in [4.78, 5) is 0. The van der Waals surface area contributed by atoms with Crippen LogP contribution in [0.1, 0.15) is 18.4 Å².